The fourth-order valence-electron chi connectivity index (χ4n) is 4.60. The molecule has 1 aliphatic carbocycles. The summed E-state index contributed by atoms with van der Waals surface area (Å²) in [4.78, 5) is 12.0. The molecule has 4 N–H and O–H groups in total. The SMILES string of the molecule is CC(C)(C)Cc1ccc2c(c1)C(NCC(O)C(Cc1cc(F)cc(F)c1)C(N)=O)CCC2. The van der Waals surface area contributed by atoms with Crippen molar-refractivity contribution in [3.8, 4) is 0 Å². The average molecular weight is 445 g/mol. The van der Waals surface area contributed by atoms with Crippen LogP contribution in [0.4, 0.5) is 8.78 Å². The van der Waals surface area contributed by atoms with Crippen LogP contribution in [0.5, 0.6) is 0 Å². The molecule has 0 fully saturated rings. The summed E-state index contributed by atoms with van der Waals surface area (Å²) in [5.74, 6) is -3.08. The minimum atomic E-state index is -1.07. The second-order valence-electron chi connectivity index (χ2n) is 10.2. The highest BCUT2D eigenvalue weighted by Gasteiger charge is 2.28. The van der Waals surface area contributed by atoms with Crippen LogP contribution in [0, 0.1) is 23.0 Å². The van der Waals surface area contributed by atoms with Gasteiger partial charge in [0.1, 0.15) is 11.6 Å². The van der Waals surface area contributed by atoms with Crippen LogP contribution in [0.1, 0.15) is 61.9 Å². The van der Waals surface area contributed by atoms with E-state index < -0.39 is 29.6 Å². The molecule has 1 amide bonds. The molecule has 6 heteroatoms. The molecule has 3 atom stereocenters. The van der Waals surface area contributed by atoms with E-state index in [1.165, 1.54) is 16.7 Å². The van der Waals surface area contributed by atoms with E-state index in [4.69, 9.17) is 5.73 Å². The largest absolute Gasteiger partial charge is 0.391 e. The first kappa shape index (κ1) is 24.3. The maximum Gasteiger partial charge on any atom is 0.223 e. The molecule has 174 valence electrons. The van der Waals surface area contributed by atoms with Crippen molar-refractivity contribution >= 4 is 5.91 Å². The number of hydrogen-bond donors (Lipinski definition) is 3. The fourth-order valence-corrected chi connectivity index (χ4v) is 4.60. The molecule has 2 aromatic carbocycles. The van der Waals surface area contributed by atoms with E-state index in [1.807, 2.05) is 0 Å². The van der Waals surface area contributed by atoms with Gasteiger partial charge in [-0.2, -0.15) is 0 Å². The number of rotatable bonds is 8. The van der Waals surface area contributed by atoms with Gasteiger partial charge in [0.05, 0.1) is 12.0 Å². The van der Waals surface area contributed by atoms with Crippen LogP contribution in [0.3, 0.4) is 0 Å². The number of amides is 1. The summed E-state index contributed by atoms with van der Waals surface area (Å²) in [5, 5.41) is 14.1. The van der Waals surface area contributed by atoms with Gasteiger partial charge >= 0.3 is 0 Å². The second kappa shape index (κ2) is 10.1. The molecule has 0 spiro atoms. The highest BCUT2D eigenvalue weighted by atomic mass is 19.1. The third-order valence-electron chi connectivity index (χ3n) is 6.04. The van der Waals surface area contributed by atoms with Crippen LogP contribution >= 0.6 is 0 Å². The number of halogens is 2. The van der Waals surface area contributed by atoms with E-state index >= 15 is 0 Å². The topological polar surface area (TPSA) is 75.3 Å². The van der Waals surface area contributed by atoms with Crippen molar-refractivity contribution in [2.45, 2.75) is 65.0 Å². The number of carbonyl (C=O) groups excluding carboxylic acids is 1. The lowest BCUT2D eigenvalue weighted by atomic mass is 9.82. The summed E-state index contributed by atoms with van der Waals surface area (Å²) in [6, 6.07) is 9.82. The summed E-state index contributed by atoms with van der Waals surface area (Å²) in [7, 11) is 0. The van der Waals surface area contributed by atoms with Crippen molar-refractivity contribution in [2.75, 3.05) is 6.54 Å². The summed E-state index contributed by atoms with van der Waals surface area (Å²) >= 11 is 0. The lowest BCUT2D eigenvalue weighted by Gasteiger charge is -2.30. The van der Waals surface area contributed by atoms with Gasteiger partial charge in [0.15, 0.2) is 0 Å². The molecule has 0 heterocycles. The number of aryl methyl sites for hydroxylation is 1. The number of fused-ring (bicyclic) bond motifs is 1. The molecule has 4 nitrogen and oxygen atoms in total. The molecule has 1 aliphatic rings. The van der Waals surface area contributed by atoms with E-state index in [1.54, 1.807) is 0 Å². The third-order valence-corrected chi connectivity index (χ3v) is 6.04. The van der Waals surface area contributed by atoms with Gasteiger partial charge in [-0.15, -0.1) is 0 Å². The highest BCUT2D eigenvalue weighted by molar-refractivity contribution is 5.77. The zero-order chi connectivity index (χ0) is 23.5. The Morgan fingerprint density at radius 2 is 1.84 bits per heavy atom. The number of nitrogens with one attached hydrogen (secondary N) is 1. The molecule has 3 rings (SSSR count). The lowest BCUT2D eigenvalue weighted by Crippen LogP contribution is -2.42. The Morgan fingerprint density at radius 3 is 2.47 bits per heavy atom. The second-order valence-corrected chi connectivity index (χ2v) is 10.2. The Balaban J connectivity index is 1.70. The molecule has 0 radical (unpaired) electrons. The molecule has 3 unspecified atom stereocenters. The van der Waals surface area contributed by atoms with Gasteiger partial charge in [-0.25, -0.2) is 8.78 Å². The predicted molar refractivity (Wildman–Crippen MR) is 122 cm³/mol. The molecule has 0 aliphatic heterocycles. The minimum absolute atomic E-state index is 0.0240. The first-order valence-electron chi connectivity index (χ1n) is 11.3. The maximum absolute atomic E-state index is 13.5. The smallest absolute Gasteiger partial charge is 0.223 e. The predicted octanol–water partition coefficient (Wildman–Crippen LogP) is 4.23. The van der Waals surface area contributed by atoms with Crippen molar-refractivity contribution in [3.63, 3.8) is 0 Å². The van der Waals surface area contributed by atoms with E-state index in [-0.39, 0.29) is 24.4 Å². The van der Waals surface area contributed by atoms with Crippen LogP contribution in [0.15, 0.2) is 36.4 Å². The van der Waals surface area contributed by atoms with Gasteiger partial charge in [0.2, 0.25) is 5.91 Å². The lowest BCUT2D eigenvalue weighted by molar-refractivity contribution is -0.125. The van der Waals surface area contributed by atoms with Gasteiger partial charge in [-0.05, 0) is 71.9 Å². The fraction of sp³-hybridized carbons (Fsp3) is 0.500. The quantitative estimate of drug-likeness (QED) is 0.571. The van der Waals surface area contributed by atoms with Crippen molar-refractivity contribution < 1.29 is 18.7 Å². The van der Waals surface area contributed by atoms with Crippen LogP contribution in [0.25, 0.3) is 0 Å². The molecule has 0 saturated carbocycles. The van der Waals surface area contributed by atoms with Crippen molar-refractivity contribution in [1.82, 2.24) is 5.32 Å². The van der Waals surface area contributed by atoms with Crippen LogP contribution in [0.2, 0.25) is 0 Å². The molecular formula is C26H34F2N2O2. The number of aliphatic hydroxyl groups excluding tert-OH is 1. The summed E-state index contributed by atoms with van der Waals surface area (Å²) < 4.78 is 27.0. The summed E-state index contributed by atoms with van der Waals surface area (Å²) in [6.07, 6.45) is 2.90. The first-order valence-corrected chi connectivity index (χ1v) is 11.3. The molecule has 0 saturated heterocycles. The number of nitrogens with two attached hydrogens (primary N) is 1. The Labute approximate surface area is 189 Å². The minimum Gasteiger partial charge on any atom is -0.391 e. The van der Waals surface area contributed by atoms with Gasteiger partial charge in [0, 0.05) is 18.7 Å². The van der Waals surface area contributed by atoms with Gasteiger partial charge in [0.25, 0.3) is 0 Å². The molecule has 2 aromatic rings. The number of carbonyl (C=O) groups is 1. The zero-order valence-electron chi connectivity index (χ0n) is 19.1. The number of primary amides is 1. The van der Waals surface area contributed by atoms with Gasteiger partial charge in [-0.3, -0.25) is 4.79 Å². The Morgan fingerprint density at radius 1 is 1.16 bits per heavy atom. The maximum atomic E-state index is 13.5. The Kier molecular flexibility index (Phi) is 7.67. The molecular weight excluding hydrogens is 410 g/mol. The highest BCUT2D eigenvalue weighted by Crippen LogP contribution is 2.32. The van der Waals surface area contributed by atoms with Crippen LogP contribution < -0.4 is 11.1 Å². The van der Waals surface area contributed by atoms with E-state index in [2.05, 4.69) is 44.3 Å². The Hall–Kier alpha value is -2.31. The van der Waals surface area contributed by atoms with E-state index in [9.17, 15) is 18.7 Å². The number of benzene rings is 2. The van der Waals surface area contributed by atoms with Crippen molar-refractivity contribution in [1.29, 1.82) is 0 Å². The summed E-state index contributed by atoms with van der Waals surface area (Å²) in [6.45, 7) is 6.81. The Bertz CT molecular complexity index is 935. The first-order chi connectivity index (χ1) is 15.0. The van der Waals surface area contributed by atoms with Crippen molar-refractivity contribution in [3.05, 3.63) is 70.3 Å². The number of aliphatic hydroxyl groups is 1. The van der Waals surface area contributed by atoms with E-state index in [0.717, 1.165) is 43.9 Å². The normalized spacial score (nSPS) is 18.1. The standard InChI is InChI=1S/C26H34F2N2O2/c1-26(2,3)14-16-7-8-18-5-4-6-23(21(18)11-16)30-15-24(31)22(25(29)32)12-17-9-19(27)13-20(28)10-17/h7-11,13,22-24,30-31H,4-6,12,14-15H2,1-3H3,(H2,29,32). The average Bonchev–Trinajstić information content (AvgIpc) is 2.68. The monoisotopic (exact) mass is 444 g/mol. The van der Waals surface area contributed by atoms with Crippen LogP contribution in [-0.2, 0) is 24.1 Å². The van der Waals surface area contributed by atoms with E-state index in [0.29, 0.717) is 5.56 Å². The molecule has 0 bridgehead atoms. The third kappa shape index (κ3) is 6.59. The van der Waals surface area contributed by atoms with Gasteiger partial charge in [-0.1, -0.05) is 39.0 Å². The zero-order valence-corrected chi connectivity index (χ0v) is 19.1. The van der Waals surface area contributed by atoms with Gasteiger partial charge < -0.3 is 16.2 Å². The summed E-state index contributed by atoms with van der Waals surface area (Å²) in [5.41, 5.74) is 9.83. The molecule has 32 heavy (non-hydrogen) atoms. The number of hydrogen-bond acceptors (Lipinski definition) is 3. The van der Waals surface area contributed by atoms with Crippen molar-refractivity contribution in [2.24, 2.45) is 17.1 Å². The van der Waals surface area contributed by atoms with Crippen LogP contribution in [-0.4, -0.2) is 23.7 Å². The molecule has 0 aromatic heterocycles.